The fourth-order valence-electron chi connectivity index (χ4n) is 2.40. The van der Waals surface area contributed by atoms with Gasteiger partial charge in [-0.05, 0) is 11.6 Å². The maximum Gasteiger partial charge on any atom is 0.164 e. The van der Waals surface area contributed by atoms with Crippen molar-refractivity contribution < 1.29 is 14.2 Å². The molecule has 0 heterocycles. The van der Waals surface area contributed by atoms with E-state index in [-0.39, 0.29) is 5.92 Å². The van der Waals surface area contributed by atoms with Crippen LogP contribution < -0.4 is 14.2 Å². The number of hydrogen-bond donors (Lipinski definition) is 0. The summed E-state index contributed by atoms with van der Waals surface area (Å²) in [5, 5.41) is 0. The summed E-state index contributed by atoms with van der Waals surface area (Å²) in [6.45, 7) is 3.96. The zero-order valence-electron chi connectivity index (χ0n) is 12.6. The average Bonchev–Trinajstić information content (AvgIpc) is 2.56. The van der Waals surface area contributed by atoms with Gasteiger partial charge in [-0.1, -0.05) is 36.4 Å². The minimum Gasteiger partial charge on any atom is -0.496 e. The molecule has 0 aliphatic carbocycles. The van der Waals surface area contributed by atoms with E-state index in [1.54, 1.807) is 21.3 Å². The topological polar surface area (TPSA) is 27.7 Å². The summed E-state index contributed by atoms with van der Waals surface area (Å²) in [6, 6.07) is 13.9. The Morgan fingerprint density at radius 3 is 1.95 bits per heavy atom. The van der Waals surface area contributed by atoms with Crippen molar-refractivity contribution in [2.75, 3.05) is 21.3 Å². The second-order valence-electron chi connectivity index (χ2n) is 4.57. The van der Waals surface area contributed by atoms with Crippen LogP contribution in [-0.4, -0.2) is 21.3 Å². The van der Waals surface area contributed by atoms with Crippen LogP contribution in [0.3, 0.4) is 0 Å². The third-order valence-electron chi connectivity index (χ3n) is 3.47. The Hall–Kier alpha value is -2.42. The maximum absolute atomic E-state index is 5.51. The van der Waals surface area contributed by atoms with Crippen molar-refractivity contribution >= 4 is 0 Å². The highest BCUT2D eigenvalue weighted by molar-refractivity contribution is 5.55. The SMILES string of the molecule is C=CC(c1ccccc1)c1cc(OC)c(OC)cc1OC. The van der Waals surface area contributed by atoms with Gasteiger partial charge in [0.15, 0.2) is 11.5 Å². The lowest BCUT2D eigenvalue weighted by Crippen LogP contribution is -2.02. The highest BCUT2D eigenvalue weighted by Crippen LogP contribution is 2.40. The molecule has 1 unspecified atom stereocenters. The molecule has 0 spiro atoms. The Kier molecular flexibility index (Phi) is 4.88. The van der Waals surface area contributed by atoms with Gasteiger partial charge < -0.3 is 14.2 Å². The fourth-order valence-corrected chi connectivity index (χ4v) is 2.40. The molecule has 0 aliphatic rings. The molecular weight excluding hydrogens is 264 g/mol. The van der Waals surface area contributed by atoms with E-state index in [9.17, 15) is 0 Å². The first-order valence-electron chi connectivity index (χ1n) is 6.72. The van der Waals surface area contributed by atoms with Gasteiger partial charge in [0.2, 0.25) is 0 Å². The number of hydrogen-bond acceptors (Lipinski definition) is 3. The fraction of sp³-hybridized carbons (Fsp3) is 0.222. The molecule has 2 aromatic rings. The zero-order valence-corrected chi connectivity index (χ0v) is 12.6. The van der Waals surface area contributed by atoms with Gasteiger partial charge in [-0.15, -0.1) is 6.58 Å². The van der Waals surface area contributed by atoms with Crippen LogP contribution in [0.25, 0.3) is 0 Å². The highest BCUT2D eigenvalue weighted by Gasteiger charge is 2.19. The first-order valence-corrected chi connectivity index (χ1v) is 6.72. The van der Waals surface area contributed by atoms with Gasteiger partial charge in [0.05, 0.1) is 21.3 Å². The van der Waals surface area contributed by atoms with E-state index in [0.717, 1.165) is 16.9 Å². The van der Waals surface area contributed by atoms with Crippen molar-refractivity contribution in [2.45, 2.75) is 5.92 Å². The lowest BCUT2D eigenvalue weighted by Gasteiger charge is -2.19. The molecule has 3 nitrogen and oxygen atoms in total. The van der Waals surface area contributed by atoms with Crippen molar-refractivity contribution in [1.29, 1.82) is 0 Å². The van der Waals surface area contributed by atoms with Crippen LogP contribution in [0, 0.1) is 0 Å². The van der Waals surface area contributed by atoms with E-state index in [0.29, 0.717) is 11.5 Å². The van der Waals surface area contributed by atoms with Gasteiger partial charge in [-0.2, -0.15) is 0 Å². The normalized spacial score (nSPS) is 11.6. The van der Waals surface area contributed by atoms with Crippen molar-refractivity contribution in [3.8, 4) is 17.2 Å². The van der Waals surface area contributed by atoms with E-state index in [1.807, 2.05) is 36.4 Å². The summed E-state index contributed by atoms with van der Waals surface area (Å²) in [6.07, 6.45) is 1.90. The van der Waals surface area contributed by atoms with Crippen LogP contribution in [-0.2, 0) is 0 Å². The van der Waals surface area contributed by atoms with Crippen molar-refractivity contribution in [1.82, 2.24) is 0 Å². The molecular formula is C18H20O3. The predicted octanol–water partition coefficient (Wildman–Crippen LogP) is 4.03. The number of rotatable bonds is 6. The van der Waals surface area contributed by atoms with E-state index >= 15 is 0 Å². The maximum atomic E-state index is 5.51. The molecule has 3 heteroatoms. The van der Waals surface area contributed by atoms with Crippen LogP contribution in [0.4, 0.5) is 0 Å². The minimum atomic E-state index is 0.0287. The first kappa shape index (κ1) is 15.0. The zero-order chi connectivity index (χ0) is 15.2. The van der Waals surface area contributed by atoms with Gasteiger partial charge in [0, 0.05) is 17.5 Å². The third-order valence-corrected chi connectivity index (χ3v) is 3.47. The average molecular weight is 284 g/mol. The standard InChI is InChI=1S/C18H20O3/c1-5-14(13-9-7-6-8-10-13)15-11-17(20-3)18(21-4)12-16(15)19-2/h5-12,14H,1H2,2-4H3. The predicted molar refractivity (Wildman–Crippen MR) is 84.6 cm³/mol. The largest absolute Gasteiger partial charge is 0.496 e. The molecule has 21 heavy (non-hydrogen) atoms. The summed E-state index contributed by atoms with van der Waals surface area (Å²) in [5.41, 5.74) is 2.15. The third kappa shape index (κ3) is 3.02. The molecule has 0 N–H and O–H groups in total. The van der Waals surface area contributed by atoms with E-state index in [1.165, 1.54) is 0 Å². The molecule has 1 atom stereocenters. The lowest BCUT2D eigenvalue weighted by atomic mass is 9.90. The quantitative estimate of drug-likeness (QED) is 0.750. The Bertz CT molecular complexity index is 605. The van der Waals surface area contributed by atoms with Crippen LogP contribution in [0.2, 0.25) is 0 Å². The van der Waals surface area contributed by atoms with Crippen LogP contribution in [0.1, 0.15) is 17.0 Å². The molecule has 0 bridgehead atoms. The Labute approximate surface area is 125 Å². The number of allylic oxidation sites excluding steroid dienone is 1. The Balaban J connectivity index is 2.57. The molecule has 110 valence electrons. The molecule has 2 aromatic carbocycles. The number of methoxy groups -OCH3 is 3. The van der Waals surface area contributed by atoms with E-state index in [2.05, 4.69) is 18.7 Å². The second kappa shape index (κ2) is 6.84. The van der Waals surface area contributed by atoms with E-state index < -0.39 is 0 Å². The lowest BCUT2D eigenvalue weighted by molar-refractivity contribution is 0.347. The summed E-state index contributed by atoms with van der Waals surface area (Å²) in [7, 11) is 4.88. The first-order chi connectivity index (χ1) is 10.2. The van der Waals surface area contributed by atoms with Crippen molar-refractivity contribution in [2.24, 2.45) is 0 Å². The molecule has 0 saturated carbocycles. The van der Waals surface area contributed by atoms with Crippen molar-refractivity contribution in [3.63, 3.8) is 0 Å². The van der Waals surface area contributed by atoms with Crippen LogP contribution in [0.5, 0.6) is 17.2 Å². The molecule has 0 aromatic heterocycles. The minimum absolute atomic E-state index is 0.0287. The summed E-state index contributed by atoms with van der Waals surface area (Å²) in [4.78, 5) is 0. The molecule has 0 aliphatic heterocycles. The smallest absolute Gasteiger partial charge is 0.164 e. The molecule has 0 radical (unpaired) electrons. The molecule has 0 amide bonds. The highest BCUT2D eigenvalue weighted by atomic mass is 16.5. The van der Waals surface area contributed by atoms with Gasteiger partial charge in [-0.25, -0.2) is 0 Å². The number of benzene rings is 2. The molecule has 0 fully saturated rings. The van der Waals surface area contributed by atoms with Crippen molar-refractivity contribution in [3.05, 3.63) is 66.2 Å². The molecule has 2 rings (SSSR count). The Morgan fingerprint density at radius 2 is 1.43 bits per heavy atom. The van der Waals surface area contributed by atoms with Gasteiger partial charge in [0.1, 0.15) is 5.75 Å². The summed E-state index contributed by atoms with van der Waals surface area (Å²) >= 11 is 0. The summed E-state index contributed by atoms with van der Waals surface area (Å²) in [5.74, 6) is 2.10. The summed E-state index contributed by atoms with van der Waals surface area (Å²) < 4.78 is 16.2. The second-order valence-corrected chi connectivity index (χ2v) is 4.57. The molecule has 0 saturated heterocycles. The number of ether oxygens (including phenoxy) is 3. The van der Waals surface area contributed by atoms with Crippen LogP contribution >= 0.6 is 0 Å². The Morgan fingerprint density at radius 1 is 0.857 bits per heavy atom. The monoisotopic (exact) mass is 284 g/mol. The van der Waals surface area contributed by atoms with Gasteiger partial charge in [0.25, 0.3) is 0 Å². The van der Waals surface area contributed by atoms with E-state index in [4.69, 9.17) is 14.2 Å². The van der Waals surface area contributed by atoms with Crippen LogP contribution in [0.15, 0.2) is 55.1 Å². The van der Waals surface area contributed by atoms with Gasteiger partial charge >= 0.3 is 0 Å². The van der Waals surface area contributed by atoms with Gasteiger partial charge in [-0.3, -0.25) is 0 Å².